The maximum atomic E-state index is 14.0. The Bertz CT molecular complexity index is 726. The first-order valence-corrected chi connectivity index (χ1v) is 7.09. The number of hydrogen-bond acceptors (Lipinski definition) is 3. The lowest BCUT2D eigenvalue weighted by Gasteiger charge is -2.24. The smallest absolute Gasteiger partial charge is 0.166 e. The van der Waals surface area contributed by atoms with Gasteiger partial charge in [-0.15, -0.1) is 0 Å². The maximum Gasteiger partial charge on any atom is 0.166 e. The SMILES string of the molecule is CC(C)[C@H](Nc1nc(Cl)c(C#N)cc1F)c1ccccc1F. The maximum absolute atomic E-state index is 14.0. The van der Waals surface area contributed by atoms with E-state index >= 15 is 0 Å². The van der Waals surface area contributed by atoms with E-state index in [4.69, 9.17) is 16.9 Å². The summed E-state index contributed by atoms with van der Waals surface area (Å²) in [4.78, 5) is 3.86. The first-order chi connectivity index (χ1) is 10.4. The van der Waals surface area contributed by atoms with Gasteiger partial charge in [0, 0.05) is 5.56 Å². The molecule has 0 aliphatic heterocycles. The molecule has 0 aliphatic rings. The predicted octanol–water partition coefficient (Wildman–Crippen LogP) is 4.69. The minimum Gasteiger partial charge on any atom is -0.360 e. The zero-order chi connectivity index (χ0) is 16.3. The number of rotatable bonds is 4. The van der Waals surface area contributed by atoms with Crippen LogP contribution in [-0.4, -0.2) is 4.98 Å². The van der Waals surface area contributed by atoms with Crippen molar-refractivity contribution in [2.75, 3.05) is 5.32 Å². The summed E-state index contributed by atoms with van der Waals surface area (Å²) >= 11 is 5.83. The van der Waals surface area contributed by atoms with E-state index < -0.39 is 11.9 Å². The van der Waals surface area contributed by atoms with E-state index in [2.05, 4.69) is 10.3 Å². The molecule has 114 valence electrons. The lowest BCUT2D eigenvalue weighted by atomic mass is 9.95. The Balaban J connectivity index is 2.40. The molecule has 1 aromatic heterocycles. The summed E-state index contributed by atoms with van der Waals surface area (Å²) in [6.07, 6.45) is 0. The molecule has 0 fully saturated rings. The highest BCUT2D eigenvalue weighted by Crippen LogP contribution is 2.30. The van der Waals surface area contributed by atoms with Crippen molar-refractivity contribution < 1.29 is 8.78 Å². The van der Waals surface area contributed by atoms with E-state index in [9.17, 15) is 8.78 Å². The third kappa shape index (κ3) is 3.34. The molecule has 1 heterocycles. The number of nitriles is 1. The van der Waals surface area contributed by atoms with Crippen molar-refractivity contribution >= 4 is 17.4 Å². The van der Waals surface area contributed by atoms with E-state index in [1.54, 1.807) is 24.3 Å². The largest absolute Gasteiger partial charge is 0.360 e. The summed E-state index contributed by atoms with van der Waals surface area (Å²) < 4.78 is 28.0. The van der Waals surface area contributed by atoms with Crippen LogP contribution in [0.2, 0.25) is 5.15 Å². The third-order valence-electron chi connectivity index (χ3n) is 3.25. The van der Waals surface area contributed by atoms with Crippen molar-refractivity contribution in [2.24, 2.45) is 5.92 Å². The third-order valence-corrected chi connectivity index (χ3v) is 3.54. The number of pyridine rings is 1. The lowest BCUT2D eigenvalue weighted by molar-refractivity contribution is 0.505. The molecule has 1 atom stereocenters. The molecule has 0 spiro atoms. The van der Waals surface area contributed by atoms with Crippen LogP contribution >= 0.6 is 11.6 Å². The highest BCUT2D eigenvalue weighted by Gasteiger charge is 2.21. The van der Waals surface area contributed by atoms with Crippen molar-refractivity contribution in [3.8, 4) is 6.07 Å². The molecule has 0 saturated carbocycles. The lowest BCUT2D eigenvalue weighted by Crippen LogP contribution is -2.19. The summed E-state index contributed by atoms with van der Waals surface area (Å²) in [7, 11) is 0. The minimum absolute atomic E-state index is 0.0208. The molecule has 0 radical (unpaired) electrons. The van der Waals surface area contributed by atoms with Crippen LogP contribution < -0.4 is 5.32 Å². The van der Waals surface area contributed by atoms with Gasteiger partial charge in [0.2, 0.25) is 0 Å². The van der Waals surface area contributed by atoms with Crippen molar-refractivity contribution in [2.45, 2.75) is 19.9 Å². The van der Waals surface area contributed by atoms with Gasteiger partial charge in [0.1, 0.15) is 17.0 Å². The molecular weight excluding hydrogens is 308 g/mol. The fraction of sp³-hybridized carbons (Fsp3) is 0.250. The molecule has 2 rings (SSSR count). The summed E-state index contributed by atoms with van der Waals surface area (Å²) in [6, 6.07) is 8.58. The molecule has 6 heteroatoms. The van der Waals surface area contributed by atoms with Crippen LogP contribution in [0.15, 0.2) is 30.3 Å². The van der Waals surface area contributed by atoms with Crippen LogP contribution in [0.1, 0.15) is 31.0 Å². The summed E-state index contributed by atoms with van der Waals surface area (Å²) in [5, 5.41) is 11.6. The molecule has 1 aromatic carbocycles. The molecule has 0 saturated heterocycles. The molecule has 0 unspecified atom stereocenters. The first-order valence-electron chi connectivity index (χ1n) is 6.71. The highest BCUT2D eigenvalue weighted by molar-refractivity contribution is 6.30. The molecule has 22 heavy (non-hydrogen) atoms. The van der Waals surface area contributed by atoms with Crippen LogP contribution in [0, 0.1) is 28.9 Å². The van der Waals surface area contributed by atoms with Crippen LogP contribution in [0.25, 0.3) is 0 Å². The van der Waals surface area contributed by atoms with Gasteiger partial charge in [0.25, 0.3) is 0 Å². The molecule has 0 aliphatic carbocycles. The predicted molar refractivity (Wildman–Crippen MR) is 81.5 cm³/mol. The Kier molecular flexibility index (Phi) is 4.94. The summed E-state index contributed by atoms with van der Waals surface area (Å²) in [6.45, 7) is 3.76. The Morgan fingerprint density at radius 1 is 1.23 bits per heavy atom. The second-order valence-electron chi connectivity index (χ2n) is 5.16. The van der Waals surface area contributed by atoms with Crippen LogP contribution in [0.4, 0.5) is 14.6 Å². The van der Waals surface area contributed by atoms with E-state index in [-0.39, 0.29) is 28.3 Å². The number of halogens is 3. The normalized spacial score (nSPS) is 12.0. The van der Waals surface area contributed by atoms with Crippen molar-refractivity contribution in [3.05, 3.63) is 58.2 Å². The minimum atomic E-state index is -0.706. The molecule has 1 N–H and O–H groups in total. The Morgan fingerprint density at radius 3 is 2.50 bits per heavy atom. The number of aromatic nitrogens is 1. The van der Waals surface area contributed by atoms with Gasteiger partial charge in [-0.25, -0.2) is 13.8 Å². The monoisotopic (exact) mass is 321 g/mol. The van der Waals surface area contributed by atoms with Crippen LogP contribution in [0.3, 0.4) is 0 Å². The number of nitrogens with one attached hydrogen (secondary N) is 1. The van der Waals surface area contributed by atoms with Gasteiger partial charge in [0.05, 0.1) is 11.6 Å². The Morgan fingerprint density at radius 2 is 1.91 bits per heavy atom. The second-order valence-corrected chi connectivity index (χ2v) is 5.51. The first kappa shape index (κ1) is 16.2. The summed E-state index contributed by atoms with van der Waals surface area (Å²) in [5.41, 5.74) is 0.371. The standard InChI is InChI=1S/C16H14ClF2N3/c1-9(2)14(11-5-3-4-6-12(11)18)21-16-13(19)7-10(8-20)15(17)22-16/h3-7,9,14H,1-2H3,(H,21,22)/t14-/m0/s1. The van der Waals surface area contributed by atoms with Gasteiger partial charge in [-0.2, -0.15) is 5.26 Å². The molecule has 0 bridgehead atoms. The molecule has 0 amide bonds. The fourth-order valence-corrected chi connectivity index (χ4v) is 2.31. The Labute approximate surface area is 132 Å². The van der Waals surface area contributed by atoms with Gasteiger partial charge in [-0.1, -0.05) is 43.6 Å². The molecular formula is C16H14ClF2N3. The average molecular weight is 322 g/mol. The van der Waals surface area contributed by atoms with E-state index in [0.29, 0.717) is 5.56 Å². The number of nitrogens with zero attached hydrogens (tertiary/aromatic N) is 2. The number of hydrogen-bond donors (Lipinski definition) is 1. The number of benzene rings is 1. The van der Waals surface area contributed by atoms with E-state index in [0.717, 1.165) is 6.07 Å². The van der Waals surface area contributed by atoms with Crippen molar-refractivity contribution in [1.82, 2.24) is 4.98 Å². The zero-order valence-electron chi connectivity index (χ0n) is 12.1. The highest BCUT2D eigenvalue weighted by atomic mass is 35.5. The van der Waals surface area contributed by atoms with Crippen LogP contribution in [-0.2, 0) is 0 Å². The molecule has 2 aromatic rings. The second kappa shape index (κ2) is 6.71. The summed E-state index contributed by atoms with van der Waals surface area (Å²) in [5.74, 6) is -1.21. The topological polar surface area (TPSA) is 48.7 Å². The van der Waals surface area contributed by atoms with Crippen molar-refractivity contribution in [3.63, 3.8) is 0 Å². The number of anilines is 1. The Hall–Kier alpha value is -2.19. The van der Waals surface area contributed by atoms with E-state index in [1.165, 1.54) is 6.07 Å². The van der Waals surface area contributed by atoms with E-state index in [1.807, 2.05) is 13.8 Å². The quantitative estimate of drug-likeness (QED) is 0.831. The fourth-order valence-electron chi connectivity index (χ4n) is 2.12. The van der Waals surface area contributed by atoms with Gasteiger partial charge in [0.15, 0.2) is 11.6 Å². The van der Waals surface area contributed by atoms with Gasteiger partial charge < -0.3 is 5.32 Å². The van der Waals surface area contributed by atoms with Crippen molar-refractivity contribution in [1.29, 1.82) is 5.26 Å². The zero-order valence-corrected chi connectivity index (χ0v) is 12.8. The van der Waals surface area contributed by atoms with Gasteiger partial charge in [-0.05, 0) is 18.1 Å². The van der Waals surface area contributed by atoms with Crippen LogP contribution in [0.5, 0.6) is 0 Å². The molecule has 3 nitrogen and oxygen atoms in total. The van der Waals surface area contributed by atoms with Gasteiger partial charge in [-0.3, -0.25) is 0 Å². The average Bonchev–Trinajstić information content (AvgIpc) is 2.48. The van der Waals surface area contributed by atoms with Gasteiger partial charge >= 0.3 is 0 Å².